The molecule has 2 rings (SSSR count). The highest BCUT2D eigenvalue weighted by molar-refractivity contribution is 5.32. The first kappa shape index (κ1) is 14.4. The van der Waals surface area contributed by atoms with Crippen LogP contribution in [0.3, 0.4) is 0 Å². The molecule has 0 aliphatic carbocycles. The Morgan fingerprint density at radius 2 is 2.21 bits per heavy atom. The monoisotopic (exact) mass is 262 g/mol. The lowest BCUT2D eigenvalue weighted by Gasteiger charge is -2.17. The van der Waals surface area contributed by atoms with Crippen molar-refractivity contribution in [2.45, 2.75) is 32.7 Å². The molecule has 1 aromatic rings. The van der Waals surface area contributed by atoms with Gasteiger partial charge in [0.05, 0.1) is 0 Å². The van der Waals surface area contributed by atoms with Crippen molar-refractivity contribution < 1.29 is 4.74 Å². The van der Waals surface area contributed by atoms with Gasteiger partial charge in [-0.05, 0) is 31.4 Å². The summed E-state index contributed by atoms with van der Waals surface area (Å²) in [6, 6.07) is 8.04. The summed E-state index contributed by atoms with van der Waals surface area (Å²) >= 11 is 0. The van der Waals surface area contributed by atoms with Crippen LogP contribution in [-0.2, 0) is 6.54 Å². The van der Waals surface area contributed by atoms with E-state index in [-0.39, 0.29) is 0 Å². The summed E-state index contributed by atoms with van der Waals surface area (Å²) in [6.45, 7) is 7.07. The van der Waals surface area contributed by atoms with Crippen LogP contribution < -0.4 is 10.5 Å². The highest BCUT2D eigenvalue weighted by Crippen LogP contribution is 2.21. The average Bonchev–Trinajstić information content (AvgIpc) is 2.87. The first-order valence-corrected chi connectivity index (χ1v) is 7.46. The van der Waals surface area contributed by atoms with Crippen LogP contribution in [0.25, 0.3) is 0 Å². The molecule has 1 fully saturated rings. The largest absolute Gasteiger partial charge is 0.492 e. The molecule has 0 spiro atoms. The number of rotatable bonds is 7. The van der Waals surface area contributed by atoms with Crippen molar-refractivity contribution in [2.24, 2.45) is 11.7 Å². The smallest absolute Gasteiger partial charge is 0.123 e. The van der Waals surface area contributed by atoms with Gasteiger partial charge in [-0.2, -0.15) is 0 Å². The number of para-hydroxylation sites is 1. The number of nitrogens with two attached hydrogens (primary N) is 1. The lowest BCUT2D eigenvalue weighted by Crippen LogP contribution is -2.26. The summed E-state index contributed by atoms with van der Waals surface area (Å²) in [5.41, 5.74) is 6.80. The molecule has 19 heavy (non-hydrogen) atoms. The van der Waals surface area contributed by atoms with Gasteiger partial charge < -0.3 is 10.5 Å². The SMILES string of the molecule is CCCC1CCN(CCOc2ccccc2CN)C1. The van der Waals surface area contributed by atoms with Gasteiger partial charge in [-0.15, -0.1) is 0 Å². The second-order valence-electron chi connectivity index (χ2n) is 5.40. The molecule has 1 saturated heterocycles. The molecule has 0 amide bonds. The minimum Gasteiger partial charge on any atom is -0.492 e. The molecule has 0 bridgehead atoms. The quantitative estimate of drug-likeness (QED) is 0.821. The zero-order valence-corrected chi connectivity index (χ0v) is 12.0. The van der Waals surface area contributed by atoms with Crippen molar-refractivity contribution >= 4 is 0 Å². The molecule has 0 aromatic heterocycles. The van der Waals surface area contributed by atoms with Gasteiger partial charge in [-0.1, -0.05) is 31.5 Å². The number of hydrogen-bond donors (Lipinski definition) is 1. The molecule has 1 atom stereocenters. The van der Waals surface area contributed by atoms with Gasteiger partial charge in [0, 0.05) is 25.2 Å². The third kappa shape index (κ3) is 4.22. The second kappa shape index (κ2) is 7.51. The van der Waals surface area contributed by atoms with Crippen molar-refractivity contribution in [2.75, 3.05) is 26.2 Å². The highest BCUT2D eigenvalue weighted by Gasteiger charge is 2.21. The Kier molecular flexibility index (Phi) is 5.67. The lowest BCUT2D eigenvalue weighted by atomic mass is 10.0. The van der Waals surface area contributed by atoms with Crippen LogP contribution in [0, 0.1) is 5.92 Å². The molecule has 1 heterocycles. The Bertz CT molecular complexity index is 381. The third-order valence-electron chi connectivity index (χ3n) is 3.92. The van der Waals surface area contributed by atoms with Crippen molar-refractivity contribution in [1.29, 1.82) is 0 Å². The number of ether oxygens (including phenoxy) is 1. The van der Waals surface area contributed by atoms with Crippen molar-refractivity contribution in [3.05, 3.63) is 29.8 Å². The zero-order chi connectivity index (χ0) is 13.5. The highest BCUT2D eigenvalue weighted by atomic mass is 16.5. The van der Waals surface area contributed by atoms with Crippen molar-refractivity contribution in [1.82, 2.24) is 4.90 Å². The van der Waals surface area contributed by atoms with Gasteiger partial charge in [0.15, 0.2) is 0 Å². The van der Waals surface area contributed by atoms with Gasteiger partial charge in [0.2, 0.25) is 0 Å². The Hall–Kier alpha value is -1.06. The van der Waals surface area contributed by atoms with E-state index in [0.717, 1.165) is 30.4 Å². The summed E-state index contributed by atoms with van der Waals surface area (Å²) in [5, 5.41) is 0. The average molecular weight is 262 g/mol. The van der Waals surface area contributed by atoms with E-state index in [1.807, 2.05) is 24.3 Å². The third-order valence-corrected chi connectivity index (χ3v) is 3.92. The van der Waals surface area contributed by atoms with E-state index in [2.05, 4.69) is 11.8 Å². The van der Waals surface area contributed by atoms with E-state index in [1.54, 1.807) is 0 Å². The molecule has 0 radical (unpaired) electrons. The van der Waals surface area contributed by atoms with Crippen molar-refractivity contribution in [3.63, 3.8) is 0 Å². The van der Waals surface area contributed by atoms with Crippen LogP contribution in [0.2, 0.25) is 0 Å². The standard InChI is InChI=1S/C16H26N2O/c1-2-5-14-8-9-18(13-14)10-11-19-16-7-4-3-6-15(16)12-17/h3-4,6-7,14H,2,5,8-13,17H2,1H3. The molecular formula is C16H26N2O. The van der Waals surface area contributed by atoms with E-state index >= 15 is 0 Å². The van der Waals surface area contributed by atoms with Crippen LogP contribution >= 0.6 is 0 Å². The van der Waals surface area contributed by atoms with E-state index in [4.69, 9.17) is 10.5 Å². The number of likely N-dealkylation sites (tertiary alicyclic amines) is 1. The molecule has 1 aliphatic rings. The topological polar surface area (TPSA) is 38.5 Å². The fourth-order valence-corrected chi connectivity index (χ4v) is 2.86. The summed E-state index contributed by atoms with van der Waals surface area (Å²) in [4.78, 5) is 2.52. The molecule has 3 nitrogen and oxygen atoms in total. The number of nitrogens with zero attached hydrogens (tertiary/aromatic N) is 1. The molecule has 106 valence electrons. The predicted molar refractivity (Wildman–Crippen MR) is 79.3 cm³/mol. The van der Waals surface area contributed by atoms with Gasteiger partial charge in [0.1, 0.15) is 12.4 Å². The summed E-state index contributed by atoms with van der Waals surface area (Å²) < 4.78 is 5.86. The summed E-state index contributed by atoms with van der Waals surface area (Å²) in [6.07, 6.45) is 4.03. The minimum atomic E-state index is 0.540. The van der Waals surface area contributed by atoms with Crippen LogP contribution in [0.1, 0.15) is 31.7 Å². The maximum atomic E-state index is 5.86. The molecule has 1 unspecified atom stereocenters. The lowest BCUT2D eigenvalue weighted by molar-refractivity contribution is 0.230. The minimum absolute atomic E-state index is 0.540. The van der Waals surface area contributed by atoms with E-state index in [0.29, 0.717) is 6.54 Å². The Morgan fingerprint density at radius 1 is 1.37 bits per heavy atom. The van der Waals surface area contributed by atoms with Crippen LogP contribution in [0.4, 0.5) is 0 Å². The van der Waals surface area contributed by atoms with Crippen LogP contribution in [0.5, 0.6) is 5.75 Å². The maximum Gasteiger partial charge on any atom is 0.123 e. The van der Waals surface area contributed by atoms with Gasteiger partial charge in [-0.25, -0.2) is 0 Å². The van der Waals surface area contributed by atoms with Gasteiger partial charge in [-0.3, -0.25) is 4.90 Å². The zero-order valence-electron chi connectivity index (χ0n) is 12.0. The Morgan fingerprint density at radius 3 is 3.00 bits per heavy atom. The number of hydrogen-bond acceptors (Lipinski definition) is 3. The Balaban J connectivity index is 1.72. The van der Waals surface area contributed by atoms with Crippen LogP contribution in [-0.4, -0.2) is 31.1 Å². The predicted octanol–water partition coefficient (Wildman–Crippen LogP) is 2.65. The Labute approximate surface area is 116 Å². The van der Waals surface area contributed by atoms with Crippen molar-refractivity contribution in [3.8, 4) is 5.75 Å². The molecular weight excluding hydrogens is 236 g/mol. The van der Waals surface area contributed by atoms with E-state index < -0.39 is 0 Å². The van der Waals surface area contributed by atoms with E-state index in [1.165, 1.54) is 32.4 Å². The summed E-state index contributed by atoms with van der Waals surface area (Å²) in [5.74, 6) is 1.84. The van der Waals surface area contributed by atoms with E-state index in [9.17, 15) is 0 Å². The summed E-state index contributed by atoms with van der Waals surface area (Å²) in [7, 11) is 0. The molecule has 1 aromatic carbocycles. The molecule has 3 heteroatoms. The molecule has 2 N–H and O–H groups in total. The number of benzene rings is 1. The van der Waals surface area contributed by atoms with Crippen LogP contribution in [0.15, 0.2) is 24.3 Å². The maximum absolute atomic E-state index is 5.86. The second-order valence-corrected chi connectivity index (χ2v) is 5.40. The fourth-order valence-electron chi connectivity index (χ4n) is 2.86. The van der Waals surface area contributed by atoms with Gasteiger partial charge in [0.25, 0.3) is 0 Å². The molecule has 1 aliphatic heterocycles. The molecule has 0 saturated carbocycles. The van der Waals surface area contributed by atoms with Gasteiger partial charge >= 0.3 is 0 Å². The first-order chi connectivity index (χ1) is 9.33. The first-order valence-electron chi connectivity index (χ1n) is 7.46. The normalized spacial score (nSPS) is 19.8. The fraction of sp³-hybridized carbons (Fsp3) is 0.625.